The van der Waals surface area contributed by atoms with E-state index < -0.39 is 0 Å². The summed E-state index contributed by atoms with van der Waals surface area (Å²) >= 11 is 2.79. The molecular formula is C18H18N2O2S2. The Hall–Kier alpha value is -2.05. The van der Waals surface area contributed by atoms with Gasteiger partial charge in [0.1, 0.15) is 0 Å². The van der Waals surface area contributed by atoms with Crippen LogP contribution < -0.4 is 10.2 Å². The number of hydrogen-bond donors (Lipinski definition) is 1. The summed E-state index contributed by atoms with van der Waals surface area (Å²) in [7, 11) is 1.75. The summed E-state index contributed by atoms with van der Waals surface area (Å²) in [5.41, 5.74) is 2.81. The highest BCUT2D eigenvalue weighted by Crippen LogP contribution is 2.23. The summed E-state index contributed by atoms with van der Waals surface area (Å²) in [4.78, 5) is 24.0. The Morgan fingerprint density at radius 2 is 2.00 bits per heavy atom. The van der Waals surface area contributed by atoms with Gasteiger partial charge in [-0.1, -0.05) is 41.7 Å². The van der Waals surface area contributed by atoms with E-state index in [4.69, 9.17) is 0 Å². The number of anilines is 1. The number of thiazole rings is 1. The van der Waals surface area contributed by atoms with Gasteiger partial charge in [0.15, 0.2) is 0 Å². The number of nitrogens with one attached hydrogen (secondary N) is 1. The molecule has 1 atom stereocenters. The lowest BCUT2D eigenvalue weighted by Gasteiger charge is -2.12. The van der Waals surface area contributed by atoms with Crippen LogP contribution in [0.4, 0.5) is 5.69 Å². The molecule has 0 aliphatic carbocycles. The first-order valence-corrected chi connectivity index (χ1v) is 9.47. The van der Waals surface area contributed by atoms with Crippen molar-refractivity contribution in [3.05, 3.63) is 63.8 Å². The highest BCUT2D eigenvalue weighted by molar-refractivity contribution is 7.99. The van der Waals surface area contributed by atoms with Crippen LogP contribution in [0.15, 0.2) is 53.3 Å². The number of aromatic nitrogens is 1. The Kier molecular flexibility index (Phi) is 5.06. The minimum absolute atomic E-state index is 0.000242. The van der Waals surface area contributed by atoms with E-state index >= 15 is 0 Å². The van der Waals surface area contributed by atoms with Gasteiger partial charge in [0.05, 0.1) is 15.5 Å². The molecule has 0 bridgehead atoms. The standard InChI is InChI=1S/C18H18N2O2S2/c1-12(23-11-13-6-4-3-5-7-13)17(21)19-14-8-9-15-16(10-14)24-18(22)20(15)2/h3-10,12H,11H2,1-2H3,(H,19,21)/t12-/m1/s1. The van der Waals surface area contributed by atoms with E-state index in [1.165, 1.54) is 16.9 Å². The number of benzene rings is 2. The van der Waals surface area contributed by atoms with Gasteiger partial charge in [0.2, 0.25) is 5.91 Å². The predicted molar refractivity (Wildman–Crippen MR) is 103 cm³/mol. The second-order valence-electron chi connectivity index (χ2n) is 5.54. The van der Waals surface area contributed by atoms with Gasteiger partial charge in [0.25, 0.3) is 0 Å². The summed E-state index contributed by atoms with van der Waals surface area (Å²) in [6, 6.07) is 15.7. The molecule has 0 unspecified atom stereocenters. The molecule has 4 nitrogen and oxygen atoms in total. The highest BCUT2D eigenvalue weighted by atomic mass is 32.2. The van der Waals surface area contributed by atoms with Gasteiger partial charge in [-0.05, 0) is 30.7 Å². The first-order valence-electron chi connectivity index (χ1n) is 7.60. The molecule has 1 N–H and O–H groups in total. The zero-order valence-corrected chi connectivity index (χ0v) is 15.1. The third-order valence-corrected chi connectivity index (χ3v) is 5.98. The maximum absolute atomic E-state index is 12.3. The van der Waals surface area contributed by atoms with Crippen molar-refractivity contribution in [2.45, 2.75) is 17.9 Å². The first kappa shape index (κ1) is 16.8. The van der Waals surface area contributed by atoms with E-state index in [1.54, 1.807) is 23.4 Å². The molecule has 24 heavy (non-hydrogen) atoms. The lowest BCUT2D eigenvalue weighted by Crippen LogP contribution is -2.22. The van der Waals surface area contributed by atoms with Crippen LogP contribution in [0.5, 0.6) is 0 Å². The molecule has 1 amide bonds. The molecule has 3 aromatic rings. The molecule has 0 saturated carbocycles. The fourth-order valence-electron chi connectivity index (χ4n) is 2.33. The second kappa shape index (κ2) is 7.23. The smallest absolute Gasteiger partial charge is 0.307 e. The van der Waals surface area contributed by atoms with Crippen LogP contribution in [-0.2, 0) is 17.6 Å². The maximum Gasteiger partial charge on any atom is 0.307 e. The number of rotatable bonds is 5. The van der Waals surface area contributed by atoms with Gasteiger partial charge in [-0.2, -0.15) is 0 Å². The molecule has 0 radical (unpaired) electrons. The van der Waals surface area contributed by atoms with Crippen LogP contribution in [0, 0.1) is 0 Å². The molecule has 1 aromatic heterocycles. The fraction of sp³-hybridized carbons (Fsp3) is 0.222. The lowest BCUT2D eigenvalue weighted by atomic mass is 10.2. The Labute approximate surface area is 148 Å². The number of carbonyl (C=O) groups is 1. The highest BCUT2D eigenvalue weighted by Gasteiger charge is 2.14. The van der Waals surface area contributed by atoms with Crippen LogP contribution in [0.2, 0.25) is 0 Å². The van der Waals surface area contributed by atoms with Crippen molar-refractivity contribution in [1.29, 1.82) is 0 Å². The fourth-order valence-corrected chi connectivity index (χ4v) is 4.09. The van der Waals surface area contributed by atoms with Crippen molar-refractivity contribution in [3.8, 4) is 0 Å². The van der Waals surface area contributed by atoms with Gasteiger partial charge in [-0.3, -0.25) is 9.59 Å². The van der Waals surface area contributed by atoms with Gasteiger partial charge >= 0.3 is 4.87 Å². The zero-order valence-electron chi connectivity index (χ0n) is 13.5. The summed E-state index contributed by atoms with van der Waals surface area (Å²) < 4.78 is 2.49. The van der Waals surface area contributed by atoms with Crippen LogP contribution >= 0.6 is 23.1 Å². The van der Waals surface area contributed by atoms with Crippen LogP contribution in [0.1, 0.15) is 12.5 Å². The molecule has 0 aliphatic heterocycles. The minimum Gasteiger partial charge on any atom is -0.325 e. The van der Waals surface area contributed by atoms with Gasteiger partial charge in [-0.25, -0.2) is 0 Å². The summed E-state index contributed by atoms with van der Waals surface area (Å²) in [5.74, 6) is 0.771. The summed E-state index contributed by atoms with van der Waals surface area (Å²) in [6.45, 7) is 1.91. The Bertz CT molecular complexity index is 916. The van der Waals surface area contributed by atoms with Crippen molar-refractivity contribution in [3.63, 3.8) is 0 Å². The maximum atomic E-state index is 12.3. The van der Waals surface area contributed by atoms with Gasteiger partial charge in [0, 0.05) is 18.5 Å². The number of hydrogen-bond acceptors (Lipinski definition) is 4. The number of carbonyl (C=O) groups excluding carboxylic acids is 1. The SMILES string of the molecule is C[C@@H](SCc1ccccc1)C(=O)Nc1ccc2c(c1)sc(=O)n2C. The first-order chi connectivity index (χ1) is 11.5. The van der Waals surface area contributed by atoms with Gasteiger partial charge in [-0.15, -0.1) is 11.8 Å². The largest absolute Gasteiger partial charge is 0.325 e. The lowest BCUT2D eigenvalue weighted by molar-refractivity contribution is -0.115. The number of amides is 1. The van der Waals surface area contributed by atoms with Crippen molar-refractivity contribution in [1.82, 2.24) is 4.57 Å². The van der Waals surface area contributed by atoms with Crippen molar-refractivity contribution in [2.75, 3.05) is 5.32 Å². The topological polar surface area (TPSA) is 51.1 Å². The van der Waals surface area contributed by atoms with E-state index in [9.17, 15) is 9.59 Å². The average molecular weight is 358 g/mol. The Morgan fingerprint density at radius 3 is 2.75 bits per heavy atom. The number of aryl methyl sites for hydroxylation is 1. The molecule has 0 fully saturated rings. The molecule has 6 heteroatoms. The van der Waals surface area contributed by atoms with Crippen molar-refractivity contribution >= 4 is 44.9 Å². The quantitative estimate of drug-likeness (QED) is 0.753. The van der Waals surface area contributed by atoms with Crippen LogP contribution in [0.25, 0.3) is 10.2 Å². The minimum atomic E-state index is -0.157. The molecule has 124 valence electrons. The van der Waals surface area contributed by atoms with Gasteiger partial charge < -0.3 is 9.88 Å². The van der Waals surface area contributed by atoms with E-state index in [0.717, 1.165) is 21.7 Å². The second-order valence-corrected chi connectivity index (χ2v) is 7.86. The van der Waals surface area contributed by atoms with E-state index in [1.807, 2.05) is 43.3 Å². The number of thioether (sulfide) groups is 1. The molecule has 0 spiro atoms. The third-order valence-electron chi connectivity index (χ3n) is 3.77. The molecule has 0 saturated heterocycles. The summed E-state index contributed by atoms with van der Waals surface area (Å²) in [6.07, 6.45) is 0. The molecule has 0 aliphatic rings. The predicted octanol–water partition coefficient (Wildman–Crippen LogP) is 3.86. The summed E-state index contributed by atoms with van der Waals surface area (Å²) in [5, 5.41) is 2.78. The molecule has 3 rings (SSSR count). The molecule has 2 aromatic carbocycles. The normalized spacial score (nSPS) is 12.2. The van der Waals surface area contributed by atoms with Crippen molar-refractivity contribution in [2.24, 2.45) is 7.05 Å². The molecular weight excluding hydrogens is 340 g/mol. The van der Waals surface area contributed by atoms with E-state index in [-0.39, 0.29) is 16.0 Å². The van der Waals surface area contributed by atoms with Crippen LogP contribution in [-0.4, -0.2) is 15.7 Å². The number of nitrogens with zero attached hydrogens (tertiary/aromatic N) is 1. The molecule has 1 heterocycles. The Balaban J connectivity index is 1.64. The zero-order chi connectivity index (χ0) is 17.1. The van der Waals surface area contributed by atoms with E-state index in [0.29, 0.717) is 0 Å². The third kappa shape index (κ3) is 3.71. The average Bonchev–Trinajstić information content (AvgIpc) is 2.87. The van der Waals surface area contributed by atoms with Crippen molar-refractivity contribution < 1.29 is 4.79 Å². The van der Waals surface area contributed by atoms with E-state index in [2.05, 4.69) is 17.4 Å². The monoisotopic (exact) mass is 358 g/mol. The number of fused-ring (bicyclic) bond motifs is 1. The Morgan fingerprint density at radius 1 is 1.25 bits per heavy atom. The van der Waals surface area contributed by atoms with Crippen LogP contribution in [0.3, 0.4) is 0 Å².